The van der Waals surface area contributed by atoms with Crippen molar-refractivity contribution in [3.05, 3.63) is 71.8 Å². The number of nitrogens with one attached hydrogen (secondary N) is 1. The topological polar surface area (TPSA) is 75.7 Å². The minimum atomic E-state index is -3.67. The Morgan fingerprint density at radius 3 is 2.44 bits per heavy atom. The van der Waals surface area contributed by atoms with Gasteiger partial charge in [0.15, 0.2) is 0 Å². The molecule has 0 radical (unpaired) electrons. The van der Waals surface area contributed by atoms with Crippen LogP contribution in [0.3, 0.4) is 0 Å². The number of hydrogen-bond acceptors (Lipinski definition) is 4. The zero-order valence-corrected chi connectivity index (χ0v) is 21.6. The number of hydrogen-bond donors (Lipinski definition) is 1. The minimum absolute atomic E-state index is 0.00219. The molecule has 0 aromatic heterocycles. The van der Waals surface area contributed by atoms with Gasteiger partial charge in [0.2, 0.25) is 0 Å². The molecule has 2 aromatic rings. The fourth-order valence-electron chi connectivity index (χ4n) is 4.14. The number of nitrogens with zero attached hydrogens (tertiary/aromatic N) is 1. The lowest BCUT2D eigenvalue weighted by molar-refractivity contribution is 0.0174. The Balaban J connectivity index is 1.74. The van der Waals surface area contributed by atoms with Crippen molar-refractivity contribution in [1.29, 1.82) is 0 Å². The molecule has 0 saturated carbocycles. The van der Waals surface area contributed by atoms with E-state index < -0.39 is 15.6 Å². The van der Waals surface area contributed by atoms with Gasteiger partial charge in [-0.1, -0.05) is 38.1 Å². The maximum atomic E-state index is 12.9. The van der Waals surface area contributed by atoms with Crippen LogP contribution in [0.1, 0.15) is 63.6 Å². The molecule has 7 heteroatoms. The van der Waals surface area contributed by atoms with Crippen molar-refractivity contribution >= 4 is 21.8 Å². The molecule has 0 bridgehead atoms. The van der Waals surface area contributed by atoms with Crippen LogP contribution in [0.25, 0.3) is 0 Å². The molecule has 2 aromatic carbocycles. The molecule has 0 heterocycles. The molecule has 0 saturated heterocycles. The number of aryl methyl sites for hydroxylation is 1. The summed E-state index contributed by atoms with van der Waals surface area (Å²) in [7, 11) is -3.67. The van der Waals surface area contributed by atoms with Crippen LogP contribution < -0.4 is 4.72 Å². The second kappa shape index (κ2) is 10.2. The van der Waals surface area contributed by atoms with Crippen LogP contribution in [-0.2, 0) is 27.6 Å². The SMILES string of the molecule is C=CCN(C(=O)OC(C)(C)C)[C@H]1CCc2cc(NS(=O)(=O)c3ccc(C(C)C)cc3)ccc2C1. The van der Waals surface area contributed by atoms with Gasteiger partial charge in [0, 0.05) is 18.3 Å². The third kappa shape index (κ3) is 6.41. The molecule has 0 fully saturated rings. The molecule has 184 valence electrons. The molecule has 1 amide bonds. The van der Waals surface area contributed by atoms with Gasteiger partial charge in [0.05, 0.1) is 4.90 Å². The van der Waals surface area contributed by atoms with Crippen LogP contribution >= 0.6 is 0 Å². The van der Waals surface area contributed by atoms with E-state index in [1.165, 1.54) is 0 Å². The molecular formula is C27H36N2O4S. The quantitative estimate of drug-likeness (QED) is 0.497. The summed E-state index contributed by atoms with van der Waals surface area (Å²) < 4.78 is 34.0. The Morgan fingerprint density at radius 1 is 1.18 bits per heavy atom. The Kier molecular flexibility index (Phi) is 7.76. The summed E-state index contributed by atoms with van der Waals surface area (Å²) in [6.45, 7) is 13.9. The molecular weight excluding hydrogens is 448 g/mol. The van der Waals surface area contributed by atoms with E-state index >= 15 is 0 Å². The summed E-state index contributed by atoms with van der Waals surface area (Å²) in [5.41, 5.74) is 3.27. The maximum absolute atomic E-state index is 12.9. The first-order valence-electron chi connectivity index (χ1n) is 11.7. The van der Waals surface area contributed by atoms with Crippen LogP contribution in [0.15, 0.2) is 60.0 Å². The first-order valence-corrected chi connectivity index (χ1v) is 13.2. The van der Waals surface area contributed by atoms with Gasteiger partial charge >= 0.3 is 6.09 Å². The third-order valence-corrected chi connectivity index (χ3v) is 7.31. The van der Waals surface area contributed by atoms with Gasteiger partial charge < -0.3 is 9.64 Å². The molecule has 1 N–H and O–H groups in total. The van der Waals surface area contributed by atoms with Gasteiger partial charge in [-0.15, -0.1) is 6.58 Å². The van der Waals surface area contributed by atoms with Gasteiger partial charge in [0.25, 0.3) is 10.0 Å². The summed E-state index contributed by atoms with van der Waals surface area (Å²) in [6, 6.07) is 12.6. The van der Waals surface area contributed by atoms with E-state index in [0.29, 0.717) is 24.6 Å². The van der Waals surface area contributed by atoms with Crippen molar-refractivity contribution in [2.75, 3.05) is 11.3 Å². The number of anilines is 1. The highest BCUT2D eigenvalue weighted by atomic mass is 32.2. The van der Waals surface area contributed by atoms with E-state index in [0.717, 1.165) is 29.5 Å². The van der Waals surface area contributed by atoms with Crippen LogP contribution in [0.2, 0.25) is 0 Å². The second-order valence-corrected chi connectivity index (χ2v) is 11.8. The fraction of sp³-hybridized carbons (Fsp3) is 0.444. The van der Waals surface area contributed by atoms with E-state index in [9.17, 15) is 13.2 Å². The van der Waals surface area contributed by atoms with Crippen molar-refractivity contribution in [3.8, 4) is 0 Å². The Labute approximate surface area is 204 Å². The van der Waals surface area contributed by atoms with Crippen molar-refractivity contribution in [3.63, 3.8) is 0 Å². The van der Waals surface area contributed by atoms with Gasteiger partial charge in [0.1, 0.15) is 5.60 Å². The zero-order valence-electron chi connectivity index (χ0n) is 20.8. The number of rotatable bonds is 7. The summed E-state index contributed by atoms with van der Waals surface area (Å²) in [5.74, 6) is 0.340. The highest BCUT2D eigenvalue weighted by Crippen LogP contribution is 2.29. The predicted octanol–water partition coefficient (Wildman–Crippen LogP) is 5.89. The fourth-order valence-corrected chi connectivity index (χ4v) is 5.19. The normalized spacial score (nSPS) is 16.0. The first kappa shape index (κ1) is 25.8. The summed E-state index contributed by atoms with van der Waals surface area (Å²) in [6.07, 6.45) is 3.58. The molecule has 0 unspecified atom stereocenters. The summed E-state index contributed by atoms with van der Waals surface area (Å²) >= 11 is 0. The van der Waals surface area contributed by atoms with Gasteiger partial charge in [-0.25, -0.2) is 13.2 Å². The van der Waals surface area contributed by atoms with Crippen LogP contribution in [0.5, 0.6) is 0 Å². The summed E-state index contributed by atoms with van der Waals surface area (Å²) in [5, 5.41) is 0. The molecule has 34 heavy (non-hydrogen) atoms. The largest absolute Gasteiger partial charge is 0.444 e. The number of carbonyl (C=O) groups is 1. The molecule has 3 rings (SSSR count). The highest BCUT2D eigenvalue weighted by molar-refractivity contribution is 7.92. The van der Waals surface area contributed by atoms with Crippen LogP contribution in [0, 0.1) is 0 Å². The molecule has 6 nitrogen and oxygen atoms in total. The standard InChI is InChI=1S/C27H36N2O4S/c1-7-16-29(26(30)33-27(4,5)6)24-13-9-21-17-23(12-8-22(21)18-24)28-34(31,32)25-14-10-20(11-15-25)19(2)3/h7-8,10-12,14-15,17,19,24,28H,1,9,13,16,18H2,2-6H3/t24-/m0/s1. The molecule has 1 atom stereocenters. The third-order valence-electron chi connectivity index (χ3n) is 5.91. The van der Waals surface area contributed by atoms with Gasteiger partial charge in [-0.2, -0.15) is 0 Å². The molecule has 1 aliphatic carbocycles. The van der Waals surface area contributed by atoms with Gasteiger partial charge in [-0.05, 0) is 86.9 Å². The Morgan fingerprint density at radius 2 is 1.85 bits per heavy atom. The van der Waals surface area contributed by atoms with Gasteiger partial charge in [-0.3, -0.25) is 4.72 Å². The first-order chi connectivity index (χ1) is 15.9. The molecule has 1 aliphatic rings. The van der Waals surface area contributed by atoms with Crippen molar-refractivity contribution in [1.82, 2.24) is 4.90 Å². The lowest BCUT2D eigenvalue weighted by atomic mass is 9.87. The van der Waals surface area contributed by atoms with E-state index in [4.69, 9.17) is 4.74 Å². The predicted molar refractivity (Wildman–Crippen MR) is 137 cm³/mol. The number of amides is 1. The van der Waals surface area contributed by atoms with Crippen LogP contribution in [0.4, 0.5) is 10.5 Å². The van der Waals surface area contributed by atoms with Crippen molar-refractivity contribution in [2.45, 2.75) is 76.3 Å². The average molecular weight is 485 g/mol. The van der Waals surface area contributed by atoms with E-state index in [-0.39, 0.29) is 17.0 Å². The molecule has 0 spiro atoms. The number of sulfonamides is 1. The van der Waals surface area contributed by atoms with E-state index in [1.54, 1.807) is 29.2 Å². The Bertz CT molecular complexity index is 1130. The Hall–Kier alpha value is -2.80. The minimum Gasteiger partial charge on any atom is -0.444 e. The van der Waals surface area contributed by atoms with E-state index in [2.05, 4.69) is 25.1 Å². The summed E-state index contributed by atoms with van der Waals surface area (Å²) in [4.78, 5) is 14.7. The average Bonchev–Trinajstić information content (AvgIpc) is 2.75. The number of fused-ring (bicyclic) bond motifs is 1. The zero-order chi connectivity index (χ0) is 25.1. The van der Waals surface area contributed by atoms with E-state index in [1.807, 2.05) is 45.0 Å². The number of carbonyl (C=O) groups excluding carboxylic acids is 1. The smallest absolute Gasteiger partial charge is 0.410 e. The highest BCUT2D eigenvalue weighted by Gasteiger charge is 2.30. The second-order valence-electron chi connectivity index (χ2n) is 10.1. The molecule has 0 aliphatic heterocycles. The monoisotopic (exact) mass is 484 g/mol. The van der Waals surface area contributed by atoms with Crippen LogP contribution in [-0.4, -0.2) is 37.6 Å². The lowest BCUT2D eigenvalue weighted by Gasteiger charge is -2.35. The maximum Gasteiger partial charge on any atom is 0.410 e. The van der Waals surface area contributed by atoms with Crippen molar-refractivity contribution < 1.29 is 17.9 Å². The number of ether oxygens (including phenoxy) is 1. The van der Waals surface area contributed by atoms with Crippen molar-refractivity contribution in [2.24, 2.45) is 0 Å². The lowest BCUT2D eigenvalue weighted by Crippen LogP contribution is -2.45. The number of benzene rings is 2.